The lowest BCUT2D eigenvalue weighted by Gasteiger charge is -2.28. The highest BCUT2D eigenvalue weighted by atomic mass is 16.5. The topological polar surface area (TPSA) is 52.3 Å². The summed E-state index contributed by atoms with van der Waals surface area (Å²) in [7, 11) is 1.77. The van der Waals surface area contributed by atoms with Gasteiger partial charge in [-0.15, -0.1) is 0 Å². The highest BCUT2D eigenvalue weighted by Gasteiger charge is 2.24. The Hall–Kier alpha value is -1.35. The molecule has 0 atom stereocenters. The number of primary amides is 1. The highest BCUT2D eigenvalue weighted by molar-refractivity contribution is 5.94. The van der Waals surface area contributed by atoms with Crippen LogP contribution < -0.4 is 5.73 Å². The molecule has 1 aromatic rings. The average molecular weight is 233 g/mol. The van der Waals surface area contributed by atoms with Gasteiger partial charge in [0.25, 0.3) is 0 Å². The number of nitrogens with two attached hydrogens (primary N) is 1. The third kappa shape index (κ3) is 2.67. The van der Waals surface area contributed by atoms with Gasteiger partial charge in [-0.25, -0.2) is 0 Å². The molecule has 1 aliphatic carbocycles. The van der Waals surface area contributed by atoms with Crippen LogP contribution in [0, 0.1) is 0 Å². The number of benzene rings is 1. The summed E-state index contributed by atoms with van der Waals surface area (Å²) in [4.78, 5) is 11.4. The maximum Gasteiger partial charge on any atom is 0.248 e. The van der Waals surface area contributed by atoms with Crippen molar-refractivity contribution in [3.63, 3.8) is 0 Å². The van der Waals surface area contributed by atoms with Gasteiger partial charge < -0.3 is 10.5 Å². The summed E-state index contributed by atoms with van der Waals surface area (Å²) >= 11 is 0. The molecule has 1 aliphatic rings. The third-order valence-corrected chi connectivity index (χ3v) is 3.67. The van der Waals surface area contributed by atoms with Crippen molar-refractivity contribution in [1.29, 1.82) is 0 Å². The summed E-state index contributed by atoms with van der Waals surface area (Å²) in [5.74, 6) is 0.125. The molecule has 17 heavy (non-hydrogen) atoms. The number of hydrogen-bond donors (Lipinski definition) is 1. The van der Waals surface area contributed by atoms with E-state index in [1.54, 1.807) is 7.11 Å². The minimum atomic E-state index is -0.325. The first-order valence-electron chi connectivity index (χ1n) is 6.14. The SMILES string of the molecule is COC1CCC(c2ccccc2C(N)=O)CC1. The van der Waals surface area contributed by atoms with E-state index >= 15 is 0 Å². The Morgan fingerprint density at radius 1 is 1.24 bits per heavy atom. The Morgan fingerprint density at radius 2 is 1.88 bits per heavy atom. The predicted octanol–water partition coefficient (Wildman–Crippen LogP) is 2.46. The molecule has 0 aromatic heterocycles. The second kappa shape index (κ2) is 5.32. The highest BCUT2D eigenvalue weighted by Crippen LogP contribution is 2.35. The van der Waals surface area contributed by atoms with E-state index in [0.29, 0.717) is 17.6 Å². The van der Waals surface area contributed by atoms with Crippen molar-refractivity contribution in [1.82, 2.24) is 0 Å². The van der Waals surface area contributed by atoms with Crippen LogP contribution in [0.3, 0.4) is 0 Å². The van der Waals surface area contributed by atoms with Crippen LogP contribution in [-0.4, -0.2) is 19.1 Å². The molecule has 2 N–H and O–H groups in total. The summed E-state index contributed by atoms with van der Waals surface area (Å²) in [5, 5.41) is 0. The van der Waals surface area contributed by atoms with Gasteiger partial charge in [-0.3, -0.25) is 4.79 Å². The molecule has 1 aromatic carbocycles. The summed E-state index contributed by atoms with van der Waals surface area (Å²) in [6.07, 6.45) is 4.65. The molecule has 0 radical (unpaired) electrons. The van der Waals surface area contributed by atoms with Gasteiger partial charge >= 0.3 is 0 Å². The number of methoxy groups -OCH3 is 1. The molecule has 1 amide bonds. The average Bonchev–Trinajstić information content (AvgIpc) is 2.39. The maximum absolute atomic E-state index is 11.4. The van der Waals surface area contributed by atoms with Crippen LogP contribution in [0.5, 0.6) is 0 Å². The van der Waals surface area contributed by atoms with E-state index in [1.165, 1.54) is 0 Å². The molecule has 0 heterocycles. The summed E-state index contributed by atoms with van der Waals surface area (Å²) in [6, 6.07) is 7.69. The van der Waals surface area contributed by atoms with Gasteiger partial charge in [0.05, 0.1) is 6.10 Å². The fraction of sp³-hybridized carbons (Fsp3) is 0.500. The quantitative estimate of drug-likeness (QED) is 0.871. The second-order valence-electron chi connectivity index (χ2n) is 4.66. The lowest BCUT2D eigenvalue weighted by Crippen LogP contribution is -2.22. The molecule has 1 fully saturated rings. The molecule has 3 heteroatoms. The van der Waals surface area contributed by atoms with E-state index in [9.17, 15) is 4.79 Å². The van der Waals surface area contributed by atoms with Crippen molar-refractivity contribution in [2.75, 3.05) is 7.11 Å². The second-order valence-corrected chi connectivity index (χ2v) is 4.66. The summed E-state index contributed by atoms with van der Waals surface area (Å²) in [5.41, 5.74) is 7.19. The first-order chi connectivity index (χ1) is 8.22. The van der Waals surface area contributed by atoms with Gasteiger partial charge in [0, 0.05) is 12.7 Å². The zero-order valence-corrected chi connectivity index (χ0v) is 10.2. The van der Waals surface area contributed by atoms with Crippen molar-refractivity contribution in [3.05, 3.63) is 35.4 Å². The standard InChI is InChI=1S/C14H19NO2/c1-17-11-8-6-10(7-9-11)12-4-2-3-5-13(12)14(15)16/h2-5,10-11H,6-9H2,1H3,(H2,15,16). The molecule has 0 unspecified atom stereocenters. The van der Waals surface area contributed by atoms with Crippen molar-refractivity contribution in [3.8, 4) is 0 Å². The van der Waals surface area contributed by atoms with Crippen molar-refractivity contribution < 1.29 is 9.53 Å². The predicted molar refractivity (Wildman–Crippen MR) is 67.0 cm³/mol. The lowest BCUT2D eigenvalue weighted by atomic mass is 9.81. The van der Waals surface area contributed by atoms with E-state index in [4.69, 9.17) is 10.5 Å². The van der Waals surface area contributed by atoms with E-state index < -0.39 is 0 Å². The van der Waals surface area contributed by atoms with Crippen LogP contribution >= 0.6 is 0 Å². The van der Waals surface area contributed by atoms with Gasteiger partial charge in [-0.1, -0.05) is 18.2 Å². The number of hydrogen-bond acceptors (Lipinski definition) is 2. The molecule has 0 aliphatic heterocycles. The fourth-order valence-corrected chi connectivity index (χ4v) is 2.69. The molecule has 3 nitrogen and oxygen atoms in total. The first-order valence-corrected chi connectivity index (χ1v) is 6.14. The summed E-state index contributed by atoms with van der Waals surface area (Å²) in [6.45, 7) is 0. The van der Waals surface area contributed by atoms with Crippen molar-refractivity contribution >= 4 is 5.91 Å². The summed E-state index contributed by atoms with van der Waals surface area (Å²) < 4.78 is 5.36. The Bertz CT molecular complexity index is 395. The molecule has 0 saturated heterocycles. The molecule has 1 saturated carbocycles. The molecule has 92 valence electrons. The minimum absolute atomic E-state index is 0.325. The largest absolute Gasteiger partial charge is 0.381 e. The smallest absolute Gasteiger partial charge is 0.248 e. The normalized spacial score (nSPS) is 24.5. The van der Waals surface area contributed by atoms with Crippen molar-refractivity contribution in [2.45, 2.75) is 37.7 Å². The Kier molecular flexibility index (Phi) is 3.79. The first kappa shape index (κ1) is 12.1. The van der Waals surface area contributed by atoms with Crippen molar-refractivity contribution in [2.24, 2.45) is 5.73 Å². The Morgan fingerprint density at radius 3 is 2.47 bits per heavy atom. The number of amides is 1. The maximum atomic E-state index is 11.4. The molecular formula is C14H19NO2. The van der Waals surface area contributed by atoms with Crippen LogP contribution in [-0.2, 0) is 4.74 Å². The number of ether oxygens (including phenoxy) is 1. The lowest BCUT2D eigenvalue weighted by molar-refractivity contribution is 0.0657. The molecular weight excluding hydrogens is 214 g/mol. The van der Waals surface area contributed by atoms with Gasteiger partial charge in [0.15, 0.2) is 0 Å². The molecule has 2 rings (SSSR count). The zero-order chi connectivity index (χ0) is 12.3. The van der Waals surface area contributed by atoms with Crippen LogP contribution in [0.15, 0.2) is 24.3 Å². The van der Waals surface area contributed by atoms with E-state index in [0.717, 1.165) is 31.2 Å². The van der Waals surface area contributed by atoms with Crippen LogP contribution in [0.4, 0.5) is 0 Å². The van der Waals surface area contributed by atoms with Crippen LogP contribution in [0.25, 0.3) is 0 Å². The number of carbonyl (C=O) groups is 1. The molecule has 0 spiro atoms. The van der Waals surface area contributed by atoms with Crippen LogP contribution in [0.1, 0.15) is 47.5 Å². The number of rotatable bonds is 3. The Balaban J connectivity index is 2.15. The van der Waals surface area contributed by atoms with Gasteiger partial charge in [-0.2, -0.15) is 0 Å². The van der Waals surface area contributed by atoms with E-state index in [1.807, 2.05) is 24.3 Å². The Labute approximate surface area is 102 Å². The monoisotopic (exact) mass is 233 g/mol. The number of carbonyl (C=O) groups excluding carboxylic acids is 1. The fourth-order valence-electron chi connectivity index (χ4n) is 2.69. The third-order valence-electron chi connectivity index (χ3n) is 3.67. The van der Waals surface area contributed by atoms with Crippen LogP contribution in [0.2, 0.25) is 0 Å². The minimum Gasteiger partial charge on any atom is -0.381 e. The van der Waals surface area contributed by atoms with E-state index in [-0.39, 0.29) is 5.91 Å². The van der Waals surface area contributed by atoms with Gasteiger partial charge in [-0.05, 0) is 43.2 Å². The van der Waals surface area contributed by atoms with E-state index in [2.05, 4.69) is 0 Å². The van der Waals surface area contributed by atoms with Gasteiger partial charge in [0.1, 0.15) is 0 Å². The molecule has 0 bridgehead atoms. The zero-order valence-electron chi connectivity index (χ0n) is 10.2. The van der Waals surface area contributed by atoms with Gasteiger partial charge in [0.2, 0.25) is 5.91 Å².